The average molecular weight is 330 g/mol. The van der Waals surface area contributed by atoms with Gasteiger partial charge in [0.25, 0.3) is 0 Å². The summed E-state index contributed by atoms with van der Waals surface area (Å²) in [5.41, 5.74) is 2.13. The number of β-lactam (4-membered cyclic amide) rings is 1. The Morgan fingerprint density at radius 1 is 1.25 bits per heavy atom. The third kappa shape index (κ3) is 3.63. The fourth-order valence-corrected chi connectivity index (χ4v) is 3.64. The molecule has 1 aromatic carbocycles. The molecule has 132 valence electrons. The number of carbonyl (C=O) groups is 2. The smallest absolute Gasteiger partial charge is 0.240 e. The lowest BCUT2D eigenvalue weighted by Gasteiger charge is -2.48. The fourth-order valence-electron chi connectivity index (χ4n) is 3.64. The number of likely N-dealkylation sites (tertiary alicyclic amines) is 1. The number of nitrogens with zero attached hydrogens (tertiary/aromatic N) is 1. The van der Waals surface area contributed by atoms with Gasteiger partial charge in [-0.2, -0.15) is 0 Å². The number of aryl methyl sites for hydroxylation is 1. The van der Waals surface area contributed by atoms with Crippen LogP contribution in [0.2, 0.25) is 0 Å². The minimum absolute atomic E-state index is 0.0159. The Hall–Kier alpha value is -1.84. The molecular formula is C20H30N2O2. The molecule has 4 nitrogen and oxygen atoms in total. The van der Waals surface area contributed by atoms with Crippen molar-refractivity contribution in [3.8, 4) is 0 Å². The number of hydrogen-bond donors (Lipinski definition) is 1. The molecule has 4 heteroatoms. The van der Waals surface area contributed by atoms with Crippen LogP contribution in [0.5, 0.6) is 0 Å². The van der Waals surface area contributed by atoms with Crippen LogP contribution in [0, 0.1) is 12.3 Å². The normalized spacial score (nSPS) is 17.3. The Balaban J connectivity index is 1.98. The van der Waals surface area contributed by atoms with Gasteiger partial charge in [-0.05, 0) is 37.3 Å². The standard InChI is InChI=1S/C20H30N2O2/c1-5-10-17(16-12-9-8-11-15(16)4)21-18(23)13-22-14-20(6-2,7-3)19(22)24/h8-9,11-12,17H,5-7,10,13-14H2,1-4H3,(H,21,23). The van der Waals surface area contributed by atoms with Crippen molar-refractivity contribution in [3.63, 3.8) is 0 Å². The van der Waals surface area contributed by atoms with Gasteiger partial charge >= 0.3 is 0 Å². The van der Waals surface area contributed by atoms with E-state index < -0.39 is 0 Å². The van der Waals surface area contributed by atoms with Gasteiger partial charge in [0.05, 0.1) is 18.0 Å². The van der Waals surface area contributed by atoms with Crippen LogP contribution in [0.25, 0.3) is 0 Å². The summed E-state index contributed by atoms with van der Waals surface area (Å²) in [5.74, 6) is 0.0662. The first-order valence-corrected chi connectivity index (χ1v) is 9.11. The molecule has 1 aliphatic heterocycles. The minimum atomic E-state index is -0.223. The topological polar surface area (TPSA) is 49.4 Å². The summed E-state index contributed by atoms with van der Waals surface area (Å²) >= 11 is 0. The van der Waals surface area contributed by atoms with Crippen molar-refractivity contribution in [2.45, 2.75) is 59.4 Å². The van der Waals surface area contributed by atoms with Gasteiger partial charge in [-0.25, -0.2) is 0 Å². The maximum atomic E-state index is 12.4. The SMILES string of the molecule is CCCC(NC(=O)CN1CC(CC)(CC)C1=O)c1ccccc1C. The Morgan fingerprint density at radius 3 is 2.46 bits per heavy atom. The maximum Gasteiger partial charge on any atom is 0.240 e. The summed E-state index contributed by atoms with van der Waals surface area (Å²) in [7, 11) is 0. The Bertz CT molecular complexity index is 593. The van der Waals surface area contributed by atoms with Crippen LogP contribution in [0.15, 0.2) is 24.3 Å². The number of hydrogen-bond acceptors (Lipinski definition) is 2. The number of benzene rings is 1. The molecule has 1 aromatic rings. The molecule has 2 rings (SSSR count). The largest absolute Gasteiger partial charge is 0.348 e. The van der Waals surface area contributed by atoms with Crippen molar-refractivity contribution < 1.29 is 9.59 Å². The Morgan fingerprint density at radius 2 is 1.92 bits per heavy atom. The molecule has 0 aromatic heterocycles. The molecule has 1 saturated heterocycles. The van der Waals surface area contributed by atoms with Crippen LogP contribution in [-0.2, 0) is 9.59 Å². The van der Waals surface area contributed by atoms with Crippen molar-refractivity contribution in [3.05, 3.63) is 35.4 Å². The van der Waals surface area contributed by atoms with Crippen LogP contribution < -0.4 is 5.32 Å². The zero-order chi connectivity index (χ0) is 17.7. The first-order valence-electron chi connectivity index (χ1n) is 9.11. The quantitative estimate of drug-likeness (QED) is 0.740. The molecular weight excluding hydrogens is 300 g/mol. The van der Waals surface area contributed by atoms with Gasteiger partial charge in [-0.15, -0.1) is 0 Å². The zero-order valence-corrected chi connectivity index (χ0v) is 15.4. The lowest BCUT2D eigenvalue weighted by molar-refractivity contribution is -0.163. The summed E-state index contributed by atoms with van der Waals surface area (Å²) in [6.45, 7) is 9.16. The zero-order valence-electron chi connectivity index (χ0n) is 15.4. The van der Waals surface area contributed by atoms with Crippen molar-refractivity contribution >= 4 is 11.8 Å². The van der Waals surface area contributed by atoms with Crippen LogP contribution in [-0.4, -0.2) is 29.8 Å². The van der Waals surface area contributed by atoms with Gasteiger partial charge < -0.3 is 10.2 Å². The molecule has 0 spiro atoms. The highest BCUT2D eigenvalue weighted by atomic mass is 16.2. The lowest BCUT2D eigenvalue weighted by atomic mass is 9.74. The summed E-state index contributed by atoms with van der Waals surface area (Å²) in [6.07, 6.45) is 3.60. The van der Waals surface area contributed by atoms with Crippen molar-refractivity contribution in [2.75, 3.05) is 13.1 Å². The highest BCUT2D eigenvalue weighted by molar-refractivity contribution is 5.92. The second-order valence-corrected chi connectivity index (χ2v) is 6.91. The predicted octanol–water partition coefficient (Wildman–Crippen LogP) is 3.60. The van der Waals surface area contributed by atoms with Gasteiger partial charge in [0.2, 0.25) is 11.8 Å². The molecule has 0 radical (unpaired) electrons. The van der Waals surface area contributed by atoms with E-state index >= 15 is 0 Å². The van der Waals surface area contributed by atoms with Gasteiger partial charge in [0.15, 0.2) is 0 Å². The van der Waals surface area contributed by atoms with Crippen LogP contribution in [0.3, 0.4) is 0 Å². The molecule has 1 atom stereocenters. The summed E-state index contributed by atoms with van der Waals surface area (Å²) in [5, 5.41) is 3.13. The number of carbonyl (C=O) groups excluding carboxylic acids is 2. The van der Waals surface area contributed by atoms with E-state index in [-0.39, 0.29) is 29.8 Å². The van der Waals surface area contributed by atoms with E-state index in [1.807, 2.05) is 26.0 Å². The Labute approximate surface area is 145 Å². The predicted molar refractivity (Wildman–Crippen MR) is 96.6 cm³/mol. The highest BCUT2D eigenvalue weighted by Crippen LogP contribution is 2.38. The third-order valence-electron chi connectivity index (χ3n) is 5.40. The number of rotatable bonds is 8. The molecule has 0 saturated carbocycles. The van der Waals surface area contributed by atoms with Gasteiger partial charge in [-0.1, -0.05) is 51.5 Å². The van der Waals surface area contributed by atoms with Crippen LogP contribution in [0.4, 0.5) is 0 Å². The van der Waals surface area contributed by atoms with E-state index in [9.17, 15) is 9.59 Å². The average Bonchev–Trinajstić information content (AvgIpc) is 2.58. The molecule has 0 aliphatic carbocycles. The summed E-state index contributed by atoms with van der Waals surface area (Å²) < 4.78 is 0. The Kier molecular flexibility index (Phi) is 6.03. The molecule has 1 unspecified atom stereocenters. The summed E-state index contributed by atoms with van der Waals surface area (Å²) in [4.78, 5) is 26.5. The lowest BCUT2D eigenvalue weighted by Crippen LogP contribution is -2.62. The van der Waals surface area contributed by atoms with Gasteiger partial charge in [0.1, 0.15) is 0 Å². The first-order chi connectivity index (χ1) is 11.5. The monoisotopic (exact) mass is 330 g/mol. The van der Waals surface area contributed by atoms with E-state index in [1.165, 1.54) is 11.1 Å². The molecule has 1 N–H and O–H groups in total. The van der Waals surface area contributed by atoms with Gasteiger partial charge in [0, 0.05) is 6.54 Å². The second kappa shape index (κ2) is 7.82. The third-order valence-corrected chi connectivity index (χ3v) is 5.40. The van der Waals surface area contributed by atoms with E-state index in [4.69, 9.17) is 0 Å². The summed E-state index contributed by atoms with van der Waals surface area (Å²) in [6, 6.07) is 8.18. The minimum Gasteiger partial charge on any atom is -0.348 e. The molecule has 2 amide bonds. The van der Waals surface area contributed by atoms with Crippen LogP contribution >= 0.6 is 0 Å². The number of amides is 2. The molecule has 1 fully saturated rings. The first kappa shape index (κ1) is 18.5. The van der Waals surface area contributed by atoms with E-state index in [1.54, 1.807) is 4.90 Å². The number of nitrogens with one attached hydrogen (secondary N) is 1. The molecule has 24 heavy (non-hydrogen) atoms. The van der Waals surface area contributed by atoms with Crippen LogP contribution in [0.1, 0.15) is 63.6 Å². The highest BCUT2D eigenvalue weighted by Gasteiger charge is 2.49. The molecule has 0 bridgehead atoms. The van der Waals surface area contributed by atoms with E-state index in [0.29, 0.717) is 6.54 Å². The van der Waals surface area contributed by atoms with E-state index in [2.05, 4.69) is 31.3 Å². The second-order valence-electron chi connectivity index (χ2n) is 6.91. The van der Waals surface area contributed by atoms with Crippen molar-refractivity contribution in [1.29, 1.82) is 0 Å². The maximum absolute atomic E-state index is 12.4. The fraction of sp³-hybridized carbons (Fsp3) is 0.600. The van der Waals surface area contributed by atoms with Crippen molar-refractivity contribution in [1.82, 2.24) is 10.2 Å². The molecule has 1 aliphatic rings. The van der Waals surface area contributed by atoms with Crippen molar-refractivity contribution in [2.24, 2.45) is 5.41 Å². The van der Waals surface area contributed by atoms with E-state index in [0.717, 1.165) is 25.7 Å². The van der Waals surface area contributed by atoms with Gasteiger partial charge in [-0.3, -0.25) is 9.59 Å². The molecule has 1 heterocycles.